The van der Waals surface area contributed by atoms with Gasteiger partial charge in [0, 0.05) is 10.5 Å². The molecule has 0 heterocycles. The third kappa shape index (κ3) is 3.47. The standard InChI is InChI=1S/C17H19BrFN/c1-11-8-14(9-12(2)17(11)19)16(20-3)10-13-4-6-15(18)7-5-13/h4-9,16,20H,10H2,1-3H3. The summed E-state index contributed by atoms with van der Waals surface area (Å²) in [6, 6.07) is 12.4. The lowest BCUT2D eigenvalue weighted by Crippen LogP contribution is -2.19. The van der Waals surface area contributed by atoms with E-state index in [-0.39, 0.29) is 11.9 Å². The summed E-state index contributed by atoms with van der Waals surface area (Å²) in [4.78, 5) is 0. The number of likely N-dealkylation sites (N-methyl/N-ethyl adjacent to an activating group) is 1. The first-order valence-electron chi connectivity index (χ1n) is 6.69. The second-order valence-corrected chi connectivity index (χ2v) is 6.06. The van der Waals surface area contributed by atoms with Gasteiger partial charge in [0.2, 0.25) is 0 Å². The van der Waals surface area contributed by atoms with Crippen LogP contribution in [0.5, 0.6) is 0 Å². The van der Waals surface area contributed by atoms with Gasteiger partial charge in [0.1, 0.15) is 5.82 Å². The highest BCUT2D eigenvalue weighted by Crippen LogP contribution is 2.23. The second kappa shape index (κ2) is 6.51. The van der Waals surface area contributed by atoms with Gasteiger partial charge < -0.3 is 5.32 Å². The van der Waals surface area contributed by atoms with Crippen LogP contribution in [-0.2, 0) is 6.42 Å². The minimum absolute atomic E-state index is 0.104. The van der Waals surface area contributed by atoms with Crippen LogP contribution in [0.4, 0.5) is 4.39 Å². The predicted octanol–water partition coefficient (Wildman–Crippen LogP) is 4.71. The van der Waals surface area contributed by atoms with E-state index in [4.69, 9.17) is 0 Å². The molecule has 0 amide bonds. The van der Waals surface area contributed by atoms with Gasteiger partial charge in [-0.3, -0.25) is 0 Å². The van der Waals surface area contributed by atoms with Crippen molar-refractivity contribution in [1.29, 1.82) is 0 Å². The Bertz CT molecular complexity index is 569. The van der Waals surface area contributed by atoms with Crippen molar-refractivity contribution in [2.24, 2.45) is 0 Å². The van der Waals surface area contributed by atoms with E-state index in [1.807, 2.05) is 45.2 Å². The molecule has 0 aliphatic heterocycles. The number of nitrogens with one attached hydrogen (secondary N) is 1. The van der Waals surface area contributed by atoms with Crippen LogP contribution in [0.15, 0.2) is 40.9 Å². The average Bonchev–Trinajstić information content (AvgIpc) is 2.43. The molecule has 2 aromatic rings. The lowest BCUT2D eigenvalue weighted by atomic mass is 9.96. The topological polar surface area (TPSA) is 12.0 Å². The van der Waals surface area contributed by atoms with E-state index in [9.17, 15) is 4.39 Å². The number of aryl methyl sites for hydroxylation is 2. The Morgan fingerprint density at radius 1 is 1.10 bits per heavy atom. The Hall–Kier alpha value is -1.19. The summed E-state index contributed by atoms with van der Waals surface area (Å²) in [7, 11) is 1.94. The fourth-order valence-corrected chi connectivity index (χ4v) is 2.69. The van der Waals surface area contributed by atoms with Crippen molar-refractivity contribution in [3.05, 3.63) is 68.9 Å². The summed E-state index contributed by atoms with van der Waals surface area (Å²) in [5, 5.41) is 3.32. The van der Waals surface area contributed by atoms with E-state index in [0.29, 0.717) is 11.1 Å². The number of rotatable bonds is 4. The molecule has 2 rings (SSSR count). The van der Waals surface area contributed by atoms with Crippen LogP contribution in [0.1, 0.15) is 28.3 Å². The van der Waals surface area contributed by atoms with E-state index in [1.54, 1.807) is 0 Å². The first-order chi connectivity index (χ1) is 9.51. The molecule has 0 aliphatic carbocycles. The van der Waals surface area contributed by atoms with E-state index < -0.39 is 0 Å². The molecule has 1 atom stereocenters. The molecule has 1 unspecified atom stereocenters. The highest BCUT2D eigenvalue weighted by atomic mass is 79.9. The first kappa shape index (κ1) is 15.2. The molecular formula is C17H19BrFN. The van der Waals surface area contributed by atoms with E-state index in [2.05, 4.69) is 33.4 Å². The van der Waals surface area contributed by atoms with Gasteiger partial charge in [-0.05, 0) is 61.7 Å². The number of hydrogen-bond donors (Lipinski definition) is 1. The Morgan fingerprint density at radius 3 is 2.15 bits per heavy atom. The summed E-state index contributed by atoms with van der Waals surface area (Å²) >= 11 is 3.44. The molecule has 0 fully saturated rings. The minimum atomic E-state index is -0.104. The molecule has 106 valence electrons. The smallest absolute Gasteiger partial charge is 0.129 e. The molecule has 0 aromatic heterocycles. The first-order valence-corrected chi connectivity index (χ1v) is 7.49. The SMILES string of the molecule is CNC(Cc1ccc(Br)cc1)c1cc(C)c(F)c(C)c1. The summed E-state index contributed by atoms with van der Waals surface area (Å²) in [6.07, 6.45) is 0.883. The van der Waals surface area contributed by atoms with Crippen molar-refractivity contribution in [3.8, 4) is 0 Å². The second-order valence-electron chi connectivity index (χ2n) is 5.14. The minimum Gasteiger partial charge on any atom is -0.313 e. The van der Waals surface area contributed by atoms with Gasteiger partial charge in [0.15, 0.2) is 0 Å². The summed E-state index contributed by atoms with van der Waals surface area (Å²) in [5.41, 5.74) is 3.80. The third-order valence-electron chi connectivity index (χ3n) is 3.56. The van der Waals surface area contributed by atoms with Crippen molar-refractivity contribution in [2.45, 2.75) is 26.3 Å². The normalized spacial score (nSPS) is 12.4. The molecule has 20 heavy (non-hydrogen) atoms. The summed E-state index contributed by atoms with van der Waals surface area (Å²) in [5.74, 6) is -0.104. The quantitative estimate of drug-likeness (QED) is 0.853. The molecule has 0 saturated carbocycles. The maximum atomic E-state index is 13.7. The van der Waals surface area contributed by atoms with Crippen molar-refractivity contribution < 1.29 is 4.39 Å². The van der Waals surface area contributed by atoms with Crippen LogP contribution >= 0.6 is 15.9 Å². The van der Waals surface area contributed by atoms with E-state index in [1.165, 1.54) is 5.56 Å². The molecule has 0 aliphatic rings. The largest absolute Gasteiger partial charge is 0.313 e. The Morgan fingerprint density at radius 2 is 1.65 bits per heavy atom. The van der Waals surface area contributed by atoms with Gasteiger partial charge in [0.05, 0.1) is 0 Å². The number of benzene rings is 2. The van der Waals surface area contributed by atoms with Gasteiger partial charge in [-0.25, -0.2) is 4.39 Å². The predicted molar refractivity (Wildman–Crippen MR) is 85.5 cm³/mol. The van der Waals surface area contributed by atoms with Crippen LogP contribution in [-0.4, -0.2) is 7.05 Å². The lowest BCUT2D eigenvalue weighted by Gasteiger charge is -2.18. The zero-order chi connectivity index (χ0) is 14.7. The van der Waals surface area contributed by atoms with E-state index >= 15 is 0 Å². The molecule has 1 N–H and O–H groups in total. The van der Waals surface area contributed by atoms with Crippen LogP contribution in [0, 0.1) is 19.7 Å². The average molecular weight is 336 g/mol. The van der Waals surface area contributed by atoms with Gasteiger partial charge in [-0.1, -0.05) is 40.2 Å². The van der Waals surface area contributed by atoms with Crippen LogP contribution in [0.2, 0.25) is 0 Å². The molecule has 0 bridgehead atoms. The van der Waals surface area contributed by atoms with Gasteiger partial charge in [-0.15, -0.1) is 0 Å². The molecular weight excluding hydrogens is 317 g/mol. The lowest BCUT2D eigenvalue weighted by molar-refractivity contribution is 0.579. The monoisotopic (exact) mass is 335 g/mol. The highest BCUT2D eigenvalue weighted by Gasteiger charge is 2.13. The van der Waals surface area contributed by atoms with E-state index in [0.717, 1.165) is 16.5 Å². The van der Waals surface area contributed by atoms with Gasteiger partial charge >= 0.3 is 0 Å². The van der Waals surface area contributed by atoms with Crippen LogP contribution in [0.25, 0.3) is 0 Å². The Kier molecular flexibility index (Phi) is 4.95. The third-order valence-corrected chi connectivity index (χ3v) is 4.09. The van der Waals surface area contributed by atoms with Crippen molar-refractivity contribution in [2.75, 3.05) is 7.05 Å². The van der Waals surface area contributed by atoms with Crippen molar-refractivity contribution >= 4 is 15.9 Å². The molecule has 2 aromatic carbocycles. The highest BCUT2D eigenvalue weighted by molar-refractivity contribution is 9.10. The van der Waals surface area contributed by atoms with Crippen LogP contribution in [0.3, 0.4) is 0 Å². The number of halogens is 2. The fourth-order valence-electron chi connectivity index (χ4n) is 2.42. The molecule has 1 nitrogen and oxygen atoms in total. The molecule has 0 saturated heterocycles. The zero-order valence-electron chi connectivity index (χ0n) is 12.0. The van der Waals surface area contributed by atoms with Crippen molar-refractivity contribution in [3.63, 3.8) is 0 Å². The van der Waals surface area contributed by atoms with Gasteiger partial charge in [-0.2, -0.15) is 0 Å². The maximum Gasteiger partial charge on any atom is 0.129 e. The molecule has 3 heteroatoms. The molecule has 0 spiro atoms. The number of hydrogen-bond acceptors (Lipinski definition) is 1. The summed E-state index contributed by atoms with van der Waals surface area (Å²) < 4.78 is 14.8. The Balaban J connectivity index is 2.26. The fraction of sp³-hybridized carbons (Fsp3) is 0.294. The van der Waals surface area contributed by atoms with Gasteiger partial charge in [0.25, 0.3) is 0 Å². The maximum absolute atomic E-state index is 13.7. The molecule has 0 radical (unpaired) electrons. The Labute approximate surface area is 128 Å². The van der Waals surface area contributed by atoms with Crippen molar-refractivity contribution in [1.82, 2.24) is 5.32 Å². The van der Waals surface area contributed by atoms with Crippen LogP contribution < -0.4 is 5.32 Å². The zero-order valence-corrected chi connectivity index (χ0v) is 13.6. The summed E-state index contributed by atoms with van der Waals surface area (Å²) in [6.45, 7) is 3.64.